The summed E-state index contributed by atoms with van der Waals surface area (Å²) in [7, 11) is 0. The van der Waals surface area contributed by atoms with Crippen molar-refractivity contribution in [3.8, 4) is 0 Å². The normalized spacial score (nSPS) is 17.2. The molecule has 23 heavy (non-hydrogen) atoms. The van der Waals surface area contributed by atoms with E-state index in [-0.39, 0.29) is 0 Å². The first kappa shape index (κ1) is 14.5. The number of piperidine rings is 1. The van der Waals surface area contributed by atoms with E-state index in [1.54, 1.807) is 0 Å². The Kier molecular flexibility index (Phi) is 3.71. The molecule has 4 rings (SSSR count). The number of nitrogens with zero attached hydrogens (tertiary/aromatic N) is 2. The molecule has 0 aliphatic carbocycles. The van der Waals surface area contributed by atoms with Crippen LogP contribution in [0.3, 0.4) is 0 Å². The fourth-order valence-electron chi connectivity index (χ4n) is 3.21. The van der Waals surface area contributed by atoms with Gasteiger partial charge in [-0.1, -0.05) is 17.7 Å². The number of halogens is 1. The van der Waals surface area contributed by atoms with E-state index in [0.717, 1.165) is 48.6 Å². The molecule has 0 saturated carbocycles. The zero-order chi connectivity index (χ0) is 15.8. The van der Waals surface area contributed by atoms with Crippen LogP contribution in [0.4, 0.5) is 22.7 Å². The lowest BCUT2D eigenvalue weighted by Gasteiger charge is -2.33. The molecule has 1 fully saturated rings. The zero-order valence-corrected chi connectivity index (χ0v) is 13.6. The number of fused-ring (bicyclic) bond motifs is 2. The van der Waals surface area contributed by atoms with Crippen LogP contribution in [-0.4, -0.2) is 25.3 Å². The van der Waals surface area contributed by atoms with Gasteiger partial charge in [-0.2, -0.15) is 0 Å². The third-order valence-corrected chi connectivity index (χ3v) is 4.76. The van der Waals surface area contributed by atoms with Crippen LogP contribution >= 0.6 is 11.6 Å². The Bertz CT molecular complexity index is 764. The van der Waals surface area contributed by atoms with Gasteiger partial charge in [0.05, 0.1) is 11.4 Å². The van der Waals surface area contributed by atoms with E-state index >= 15 is 0 Å². The lowest BCUT2D eigenvalue weighted by molar-refractivity contribution is 0.501. The number of nitrogens with two attached hydrogens (primary N) is 1. The van der Waals surface area contributed by atoms with Crippen molar-refractivity contribution in [3.05, 3.63) is 47.0 Å². The molecule has 1 saturated heterocycles. The summed E-state index contributed by atoms with van der Waals surface area (Å²) in [6, 6.07) is 12.4. The Morgan fingerprint density at radius 3 is 2.78 bits per heavy atom. The smallest absolute Gasteiger partial charge is 0.0879 e. The first-order chi connectivity index (χ1) is 11.2. The molecule has 5 heteroatoms. The topological polar surface area (TPSA) is 53.6 Å². The molecular formula is C18H19ClN4. The van der Waals surface area contributed by atoms with Crippen molar-refractivity contribution in [3.63, 3.8) is 0 Å². The van der Waals surface area contributed by atoms with E-state index in [4.69, 9.17) is 17.3 Å². The molecule has 0 spiro atoms. The van der Waals surface area contributed by atoms with Gasteiger partial charge in [-0.15, -0.1) is 0 Å². The maximum atomic E-state index is 6.09. The van der Waals surface area contributed by atoms with Gasteiger partial charge in [-0.25, -0.2) is 0 Å². The van der Waals surface area contributed by atoms with Gasteiger partial charge in [0.2, 0.25) is 0 Å². The van der Waals surface area contributed by atoms with Crippen LogP contribution in [0.1, 0.15) is 18.4 Å². The van der Waals surface area contributed by atoms with Gasteiger partial charge in [0.1, 0.15) is 0 Å². The van der Waals surface area contributed by atoms with Gasteiger partial charge in [0, 0.05) is 47.3 Å². The molecule has 0 unspecified atom stereocenters. The van der Waals surface area contributed by atoms with Crippen LogP contribution < -0.4 is 16.0 Å². The van der Waals surface area contributed by atoms with E-state index in [9.17, 15) is 0 Å². The first-order valence-corrected chi connectivity index (χ1v) is 8.33. The molecule has 2 aliphatic rings. The van der Waals surface area contributed by atoms with Crippen molar-refractivity contribution in [1.29, 1.82) is 0 Å². The highest BCUT2D eigenvalue weighted by atomic mass is 35.5. The van der Waals surface area contributed by atoms with Gasteiger partial charge >= 0.3 is 0 Å². The number of rotatable bonds is 1. The molecule has 0 aromatic heterocycles. The molecule has 2 aromatic carbocycles. The summed E-state index contributed by atoms with van der Waals surface area (Å²) >= 11 is 6.09. The molecule has 0 radical (unpaired) electrons. The molecule has 2 aliphatic heterocycles. The van der Waals surface area contributed by atoms with Gasteiger partial charge in [0.25, 0.3) is 0 Å². The summed E-state index contributed by atoms with van der Waals surface area (Å²) in [4.78, 5) is 7.04. The number of hydrogen-bond acceptors (Lipinski definition) is 4. The van der Waals surface area contributed by atoms with Crippen LogP contribution in [0.15, 0.2) is 41.4 Å². The zero-order valence-electron chi connectivity index (χ0n) is 12.8. The van der Waals surface area contributed by atoms with E-state index in [2.05, 4.69) is 33.4 Å². The summed E-state index contributed by atoms with van der Waals surface area (Å²) in [5.41, 5.74) is 11.3. The highest BCUT2D eigenvalue weighted by molar-refractivity contribution is 6.31. The van der Waals surface area contributed by atoms with Crippen molar-refractivity contribution < 1.29 is 0 Å². The second kappa shape index (κ2) is 5.87. The van der Waals surface area contributed by atoms with Gasteiger partial charge in [0.15, 0.2) is 0 Å². The van der Waals surface area contributed by atoms with Gasteiger partial charge < -0.3 is 16.0 Å². The Balaban J connectivity index is 1.73. The van der Waals surface area contributed by atoms with Crippen LogP contribution in [0.25, 0.3) is 0 Å². The van der Waals surface area contributed by atoms with Crippen molar-refractivity contribution in [2.45, 2.75) is 18.9 Å². The van der Waals surface area contributed by atoms with E-state index in [1.807, 2.05) is 24.4 Å². The summed E-state index contributed by atoms with van der Waals surface area (Å²) in [5, 5.41) is 4.18. The predicted molar refractivity (Wildman–Crippen MR) is 97.9 cm³/mol. The van der Waals surface area contributed by atoms with Crippen molar-refractivity contribution in [1.82, 2.24) is 0 Å². The lowest BCUT2D eigenvalue weighted by Crippen LogP contribution is -2.40. The molecule has 3 N–H and O–H groups in total. The highest BCUT2D eigenvalue weighted by Crippen LogP contribution is 2.37. The van der Waals surface area contributed by atoms with E-state index in [1.165, 1.54) is 5.69 Å². The maximum Gasteiger partial charge on any atom is 0.0879 e. The van der Waals surface area contributed by atoms with Crippen molar-refractivity contribution in [2.75, 3.05) is 23.3 Å². The molecule has 2 heterocycles. The number of benzene rings is 2. The number of aliphatic imine (C=N–C) groups is 1. The molecule has 0 amide bonds. The van der Waals surface area contributed by atoms with Crippen LogP contribution in [-0.2, 0) is 0 Å². The molecule has 118 valence electrons. The van der Waals surface area contributed by atoms with Gasteiger partial charge in [-0.3, -0.25) is 4.99 Å². The van der Waals surface area contributed by atoms with Crippen LogP contribution in [0, 0.1) is 0 Å². The van der Waals surface area contributed by atoms with E-state index in [0.29, 0.717) is 11.1 Å². The van der Waals surface area contributed by atoms with E-state index < -0.39 is 0 Å². The molecule has 0 atom stereocenters. The van der Waals surface area contributed by atoms with Crippen LogP contribution in [0.5, 0.6) is 0 Å². The molecule has 0 bridgehead atoms. The second-order valence-electron chi connectivity index (χ2n) is 6.11. The predicted octanol–water partition coefficient (Wildman–Crippen LogP) is 4.08. The fraction of sp³-hybridized carbons (Fsp3) is 0.278. The fourth-order valence-corrected chi connectivity index (χ4v) is 3.38. The average Bonchev–Trinajstić information content (AvgIpc) is 2.74. The monoisotopic (exact) mass is 326 g/mol. The Hall–Kier alpha value is -2.04. The van der Waals surface area contributed by atoms with Crippen molar-refractivity contribution in [2.24, 2.45) is 10.7 Å². The maximum absolute atomic E-state index is 6.09. The highest BCUT2D eigenvalue weighted by Gasteiger charge is 2.20. The largest absolute Gasteiger partial charge is 0.371 e. The summed E-state index contributed by atoms with van der Waals surface area (Å²) in [6.07, 6.45) is 4.00. The quantitative estimate of drug-likeness (QED) is 0.708. The molecular weight excluding hydrogens is 308 g/mol. The third-order valence-electron chi connectivity index (χ3n) is 4.53. The van der Waals surface area contributed by atoms with Crippen LogP contribution in [0.2, 0.25) is 5.02 Å². The summed E-state index contributed by atoms with van der Waals surface area (Å²) < 4.78 is 0. The Morgan fingerprint density at radius 2 is 1.96 bits per heavy atom. The number of anilines is 3. The number of hydrogen-bond donors (Lipinski definition) is 2. The Labute approximate surface area is 141 Å². The average molecular weight is 327 g/mol. The summed E-state index contributed by atoms with van der Waals surface area (Å²) in [6.45, 7) is 1.98. The minimum Gasteiger partial charge on any atom is -0.371 e. The molecule has 4 nitrogen and oxygen atoms in total. The number of nitrogens with one attached hydrogen (secondary N) is 1. The second-order valence-corrected chi connectivity index (χ2v) is 6.54. The minimum absolute atomic E-state index is 0.326. The molecule has 2 aromatic rings. The summed E-state index contributed by atoms with van der Waals surface area (Å²) in [5.74, 6) is 0. The standard InChI is InChI=1S/C18H19ClN4/c19-12-4-5-16-17(10-12)21-11-14-15(22-16)2-1-3-18(14)23-8-6-13(20)7-9-23/h1-5,10-11,13,22H,6-9,20H2. The SMILES string of the molecule is NC1CCN(c2cccc3c2C=Nc2cc(Cl)ccc2N3)CC1. The Morgan fingerprint density at radius 1 is 1.13 bits per heavy atom. The van der Waals surface area contributed by atoms with Gasteiger partial charge in [-0.05, 0) is 43.2 Å². The third kappa shape index (κ3) is 2.80. The van der Waals surface area contributed by atoms with Crippen molar-refractivity contribution >= 4 is 40.6 Å². The first-order valence-electron chi connectivity index (χ1n) is 7.95. The minimum atomic E-state index is 0.326. The lowest BCUT2D eigenvalue weighted by atomic mass is 10.0.